The van der Waals surface area contributed by atoms with Crippen molar-refractivity contribution in [2.75, 3.05) is 0 Å². The molecule has 0 fully saturated rings. The van der Waals surface area contributed by atoms with E-state index in [2.05, 4.69) is 218 Å². The average Bonchev–Trinajstić information content (AvgIpc) is 3.32. The summed E-state index contributed by atoms with van der Waals surface area (Å²) in [4.78, 5) is 0. The summed E-state index contributed by atoms with van der Waals surface area (Å²) >= 11 is 0. The summed E-state index contributed by atoms with van der Waals surface area (Å²) in [6.45, 7) is 0. The second-order valence-electron chi connectivity index (χ2n) is 16.3. The molecule has 0 saturated heterocycles. The molecule has 0 aromatic heterocycles. The Hall–Kier alpha value is -7.80. The van der Waals surface area contributed by atoms with E-state index in [0.717, 1.165) is 0 Å². The summed E-state index contributed by atoms with van der Waals surface area (Å²) in [5.74, 6) is 0. The minimum Gasteiger partial charge on any atom is -0.0622 e. The molecular formula is C60H36. The molecule has 0 saturated carbocycles. The Morgan fingerprint density at radius 1 is 0.183 bits per heavy atom. The van der Waals surface area contributed by atoms with Crippen molar-refractivity contribution in [2.24, 2.45) is 0 Å². The van der Waals surface area contributed by atoms with E-state index in [9.17, 15) is 0 Å². The van der Waals surface area contributed by atoms with Gasteiger partial charge >= 0.3 is 0 Å². The van der Waals surface area contributed by atoms with Gasteiger partial charge in [-0.3, -0.25) is 0 Å². The van der Waals surface area contributed by atoms with Crippen LogP contribution in [0, 0.1) is 0 Å². The smallest absolute Gasteiger partial charge is 0.00206 e. The predicted molar refractivity (Wildman–Crippen MR) is 259 cm³/mol. The van der Waals surface area contributed by atoms with Crippen LogP contribution in [-0.4, -0.2) is 0 Å². The van der Waals surface area contributed by atoms with Gasteiger partial charge in [0.05, 0.1) is 0 Å². The van der Waals surface area contributed by atoms with Crippen LogP contribution in [0.4, 0.5) is 0 Å². The van der Waals surface area contributed by atoms with Gasteiger partial charge in [0.2, 0.25) is 0 Å². The van der Waals surface area contributed by atoms with E-state index >= 15 is 0 Å². The van der Waals surface area contributed by atoms with Crippen molar-refractivity contribution in [1.29, 1.82) is 0 Å². The van der Waals surface area contributed by atoms with Crippen LogP contribution in [-0.2, 0) is 0 Å². The monoisotopic (exact) mass is 756 g/mol. The third-order valence-electron chi connectivity index (χ3n) is 13.2. The Balaban J connectivity index is 1.12. The van der Waals surface area contributed by atoms with Gasteiger partial charge in [-0.05, 0) is 143 Å². The maximum atomic E-state index is 2.47. The van der Waals surface area contributed by atoms with Crippen molar-refractivity contribution in [3.63, 3.8) is 0 Å². The minimum atomic E-state index is 1.20. The second kappa shape index (κ2) is 12.9. The van der Waals surface area contributed by atoms with Crippen LogP contribution in [0.3, 0.4) is 0 Å². The summed E-state index contributed by atoms with van der Waals surface area (Å²) in [5.41, 5.74) is 12.3. The van der Waals surface area contributed by atoms with E-state index in [1.165, 1.54) is 131 Å². The number of fused-ring (bicyclic) bond motifs is 1. The lowest BCUT2D eigenvalue weighted by Gasteiger charge is -2.22. The van der Waals surface area contributed by atoms with Crippen molar-refractivity contribution in [3.05, 3.63) is 218 Å². The van der Waals surface area contributed by atoms with Crippen LogP contribution in [0.15, 0.2) is 218 Å². The normalized spacial score (nSPS) is 12.0. The summed E-state index contributed by atoms with van der Waals surface area (Å²) in [6, 6.07) is 81.6. The molecule has 0 radical (unpaired) electrons. The second-order valence-corrected chi connectivity index (χ2v) is 16.3. The predicted octanol–water partition coefficient (Wildman–Crippen LogP) is 17.0. The number of hydrogen-bond acceptors (Lipinski definition) is 0. The Kier molecular flexibility index (Phi) is 7.11. The van der Waals surface area contributed by atoms with E-state index in [-0.39, 0.29) is 0 Å². The fourth-order valence-electron chi connectivity index (χ4n) is 10.5. The molecular weight excluding hydrogens is 721 g/mol. The maximum Gasteiger partial charge on any atom is -0.00206 e. The fourth-order valence-corrected chi connectivity index (χ4v) is 10.5. The van der Waals surface area contributed by atoms with Gasteiger partial charge in [-0.2, -0.15) is 0 Å². The molecule has 0 unspecified atom stereocenters. The van der Waals surface area contributed by atoms with Gasteiger partial charge in [0.15, 0.2) is 0 Å². The zero-order valence-electron chi connectivity index (χ0n) is 32.8. The molecule has 0 bridgehead atoms. The first-order chi connectivity index (χ1) is 29.8. The molecule has 0 N–H and O–H groups in total. The number of rotatable bonds is 5. The first-order valence-corrected chi connectivity index (χ1v) is 20.9. The van der Waals surface area contributed by atoms with Gasteiger partial charge in [-0.15, -0.1) is 0 Å². The highest BCUT2D eigenvalue weighted by Crippen LogP contribution is 2.49. The molecule has 13 rings (SSSR count). The van der Waals surface area contributed by atoms with Crippen molar-refractivity contribution in [1.82, 2.24) is 0 Å². The Bertz CT molecular complexity index is 3770. The van der Waals surface area contributed by atoms with E-state index < -0.39 is 0 Å². The first kappa shape index (κ1) is 33.2. The molecule has 0 atom stereocenters. The van der Waals surface area contributed by atoms with Gasteiger partial charge in [0.25, 0.3) is 0 Å². The highest BCUT2D eigenvalue weighted by atomic mass is 14.2. The van der Waals surface area contributed by atoms with Gasteiger partial charge in [0.1, 0.15) is 0 Å². The topological polar surface area (TPSA) is 0 Å². The Morgan fingerprint density at radius 3 is 1.18 bits per heavy atom. The summed E-state index contributed by atoms with van der Waals surface area (Å²) in [7, 11) is 0. The SMILES string of the molecule is c1ccc(-c2ccc(-c3c(-c4ccccc4)cc(-c4ccc5ccc6cccc7ccc4c5c67)c4ccccc34)cc2-c2ccc3ccc4cccc5ccc2c3c45)cc1. The van der Waals surface area contributed by atoms with Gasteiger partial charge in [0, 0.05) is 0 Å². The molecule has 0 aliphatic carbocycles. The molecule has 0 aliphatic rings. The van der Waals surface area contributed by atoms with E-state index in [0.29, 0.717) is 0 Å². The highest BCUT2D eigenvalue weighted by Gasteiger charge is 2.22. The van der Waals surface area contributed by atoms with Crippen LogP contribution >= 0.6 is 0 Å². The third kappa shape index (κ3) is 4.86. The van der Waals surface area contributed by atoms with Crippen molar-refractivity contribution in [3.8, 4) is 55.6 Å². The van der Waals surface area contributed by atoms with Gasteiger partial charge in [-0.25, -0.2) is 0 Å². The van der Waals surface area contributed by atoms with Crippen LogP contribution in [0.2, 0.25) is 0 Å². The molecule has 13 aromatic carbocycles. The van der Waals surface area contributed by atoms with Gasteiger partial charge < -0.3 is 0 Å². The number of benzene rings is 13. The van der Waals surface area contributed by atoms with Crippen LogP contribution in [0.5, 0.6) is 0 Å². The molecule has 276 valence electrons. The summed E-state index contributed by atoms with van der Waals surface area (Å²) in [6.07, 6.45) is 0. The van der Waals surface area contributed by atoms with Crippen molar-refractivity contribution in [2.45, 2.75) is 0 Å². The lowest BCUT2D eigenvalue weighted by atomic mass is 9.82. The maximum absolute atomic E-state index is 2.47. The van der Waals surface area contributed by atoms with Gasteiger partial charge in [-0.1, -0.05) is 206 Å². The molecule has 0 heterocycles. The zero-order chi connectivity index (χ0) is 39.3. The average molecular weight is 757 g/mol. The van der Waals surface area contributed by atoms with E-state index in [1.54, 1.807) is 0 Å². The molecule has 0 nitrogen and oxygen atoms in total. The lowest BCUT2D eigenvalue weighted by Crippen LogP contribution is -1.95. The molecule has 60 heavy (non-hydrogen) atoms. The first-order valence-electron chi connectivity index (χ1n) is 20.9. The molecule has 0 aliphatic heterocycles. The highest BCUT2D eigenvalue weighted by molar-refractivity contribution is 6.28. The van der Waals surface area contributed by atoms with Crippen molar-refractivity contribution >= 4 is 75.4 Å². The number of hydrogen-bond donors (Lipinski definition) is 0. The Morgan fingerprint density at radius 2 is 0.617 bits per heavy atom. The molecule has 13 aromatic rings. The fraction of sp³-hybridized carbons (Fsp3) is 0. The minimum absolute atomic E-state index is 1.20. The molecule has 0 spiro atoms. The lowest BCUT2D eigenvalue weighted by molar-refractivity contribution is 1.58. The summed E-state index contributed by atoms with van der Waals surface area (Å²) in [5, 5.41) is 18.1. The van der Waals surface area contributed by atoms with E-state index in [1.807, 2.05) is 0 Å². The quantitative estimate of drug-likeness (QED) is 0.153. The standard InChI is InChI=1S/C60H36/c1-3-11-37(12-4-1)46-30-29-45(35-54(46)48-31-25-43-23-21-39-15-9-17-41-27-33-51(48)59(43)56(39)41)58-50-20-8-7-19-47(50)55(36-53(58)38-13-5-2-6-14-38)49-32-26-44-24-22-40-16-10-18-42-28-34-52(49)60(44)57(40)42/h1-36H. The zero-order valence-corrected chi connectivity index (χ0v) is 32.8. The Labute approximate surface area is 347 Å². The molecule has 0 heteroatoms. The summed E-state index contributed by atoms with van der Waals surface area (Å²) < 4.78 is 0. The van der Waals surface area contributed by atoms with Crippen LogP contribution in [0.25, 0.3) is 131 Å². The third-order valence-corrected chi connectivity index (χ3v) is 13.2. The van der Waals surface area contributed by atoms with Crippen molar-refractivity contribution < 1.29 is 0 Å². The van der Waals surface area contributed by atoms with Crippen LogP contribution < -0.4 is 0 Å². The molecule has 0 amide bonds. The van der Waals surface area contributed by atoms with E-state index in [4.69, 9.17) is 0 Å². The largest absolute Gasteiger partial charge is 0.0622 e. The van der Waals surface area contributed by atoms with Crippen LogP contribution in [0.1, 0.15) is 0 Å².